The van der Waals surface area contributed by atoms with E-state index in [0.717, 1.165) is 36.5 Å². The maximum absolute atomic E-state index is 12.4. The van der Waals surface area contributed by atoms with E-state index in [1.54, 1.807) is 12.1 Å². The zero-order valence-electron chi connectivity index (χ0n) is 12.6. The normalized spacial score (nSPS) is 18.6. The first-order valence-corrected chi connectivity index (χ1v) is 10.1. The third-order valence-electron chi connectivity index (χ3n) is 3.74. The Hall–Kier alpha value is -0.560. The first kappa shape index (κ1) is 16.8. The van der Waals surface area contributed by atoms with Gasteiger partial charge in [0.15, 0.2) is 0 Å². The van der Waals surface area contributed by atoms with Gasteiger partial charge in [0, 0.05) is 12.1 Å². The molecule has 0 spiro atoms. The van der Waals surface area contributed by atoms with E-state index in [0.29, 0.717) is 4.90 Å². The fourth-order valence-corrected chi connectivity index (χ4v) is 4.87. The van der Waals surface area contributed by atoms with Crippen LogP contribution in [0.25, 0.3) is 0 Å². The zero-order chi connectivity index (χ0) is 15.3. The van der Waals surface area contributed by atoms with Gasteiger partial charge in [-0.1, -0.05) is 19.1 Å². The summed E-state index contributed by atoms with van der Waals surface area (Å²) in [5.74, 6) is 2.07. The van der Waals surface area contributed by atoms with Crippen molar-refractivity contribution in [2.45, 2.75) is 43.7 Å². The molecule has 0 saturated carbocycles. The number of rotatable bonds is 6. The van der Waals surface area contributed by atoms with Gasteiger partial charge in [-0.3, -0.25) is 0 Å². The fraction of sp³-hybridized carbons (Fsp3) is 0.600. The van der Waals surface area contributed by atoms with E-state index >= 15 is 0 Å². The van der Waals surface area contributed by atoms with Crippen LogP contribution in [-0.2, 0) is 10.0 Å². The van der Waals surface area contributed by atoms with Crippen LogP contribution in [-0.4, -0.2) is 32.5 Å². The summed E-state index contributed by atoms with van der Waals surface area (Å²) in [5, 5.41) is 3.32. The molecule has 2 N–H and O–H groups in total. The molecule has 118 valence electrons. The molecule has 2 rings (SSSR count). The van der Waals surface area contributed by atoms with E-state index in [1.165, 1.54) is 0 Å². The van der Waals surface area contributed by atoms with Crippen molar-refractivity contribution < 1.29 is 8.42 Å². The van der Waals surface area contributed by atoms with Crippen molar-refractivity contribution in [3.05, 3.63) is 29.8 Å². The van der Waals surface area contributed by atoms with Gasteiger partial charge < -0.3 is 5.32 Å². The molecule has 0 aromatic heterocycles. The lowest BCUT2D eigenvalue weighted by Gasteiger charge is -2.22. The Labute approximate surface area is 132 Å². The summed E-state index contributed by atoms with van der Waals surface area (Å²) in [4.78, 5) is 0.355. The summed E-state index contributed by atoms with van der Waals surface area (Å²) in [6.07, 6.45) is 1.83. The Morgan fingerprint density at radius 1 is 1.24 bits per heavy atom. The van der Waals surface area contributed by atoms with Gasteiger partial charge in [0.25, 0.3) is 0 Å². The molecule has 1 aromatic rings. The van der Waals surface area contributed by atoms with Crippen LogP contribution in [0, 0.1) is 0 Å². The second-order valence-corrected chi connectivity index (χ2v) is 8.30. The SMILES string of the molecule is CCNC(C)c1ccc(S(=O)(=O)NC2CCSCC2)cc1. The Morgan fingerprint density at radius 2 is 1.86 bits per heavy atom. The minimum Gasteiger partial charge on any atom is -0.310 e. The number of hydrogen-bond donors (Lipinski definition) is 2. The topological polar surface area (TPSA) is 58.2 Å². The van der Waals surface area contributed by atoms with Gasteiger partial charge in [0.05, 0.1) is 4.90 Å². The van der Waals surface area contributed by atoms with Gasteiger partial charge in [-0.25, -0.2) is 13.1 Å². The molecular weight excluding hydrogens is 304 g/mol. The van der Waals surface area contributed by atoms with Crippen LogP contribution in [0.1, 0.15) is 38.3 Å². The van der Waals surface area contributed by atoms with Crippen molar-refractivity contribution in [1.29, 1.82) is 0 Å². The van der Waals surface area contributed by atoms with Gasteiger partial charge in [0.1, 0.15) is 0 Å². The molecule has 1 fully saturated rings. The lowest BCUT2D eigenvalue weighted by atomic mass is 10.1. The highest BCUT2D eigenvalue weighted by Crippen LogP contribution is 2.20. The average molecular weight is 329 g/mol. The summed E-state index contributed by atoms with van der Waals surface area (Å²) in [6.45, 7) is 5.02. The van der Waals surface area contributed by atoms with Gasteiger partial charge >= 0.3 is 0 Å². The average Bonchev–Trinajstić information content (AvgIpc) is 2.48. The van der Waals surface area contributed by atoms with E-state index < -0.39 is 10.0 Å². The molecule has 0 aliphatic carbocycles. The summed E-state index contributed by atoms with van der Waals surface area (Å²) in [6, 6.07) is 7.48. The molecule has 4 nitrogen and oxygen atoms in total. The number of nitrogens with one attached hydrogen (secondary N) is 2. The van der Waals surface area contributed by atoms with Gasteiger partial charge in [-0.15, -0.1) is 0 Å². The Morgan fingerprint density at radius 3 is 2.43 bits per heavy atom. The molecule has 1 aliphatic heterocycles. The molecule has 1 aliphatic rings. The fourth-order valence-electron chi connectivity index (χ4n) is 2.46. The van der Waals surface area contributed by atoms with Crippen LogP contribution in [0.3, 0.4) is 0 Å². The Balaban J connectivity index is 2.05. The molecule has 1 aromatic carbocycles. The Kier molecular flexibility index (Phi) is 6.10. The number of hydrogen-bond acceptors (Lipinski definition) is 4. The first-order chi connectivity index (χ1) is 10.0. The molecule has 1 atom stereocenters. The monoisotopic (exact) mass is 328 g/mol. The minimum atomic E-state index is -3.39. The summed E-state index contributed by atoms with van der Waals surface area (Å²) in [7, 11) is -3.39. The molecular formula is C15H24N2O2S2. The number of thioether (sulfide) groups is 1. The molecule has 0 radical (unpaired) electrons. The van der Waals surface area contributed by atoms with Crippen LogP contribution in [0.5, 0.6) is 0 Å². The third kappa shape index (κ3) is 4.71. The van der Waals surface area contributed by atoms with Crippen molar-refractivity contribution in [2.75, 3.05) is 18.1 Å². The van der Waals surface area contributed by atoms with Crippen LogP contribution in [0.2, 0.25) is 0 Å². The van der Waals surface area contributed by atoms with E-state index in [-0.39, 0.29) is 12.1 Å². The lowest BCUT2D eigenvalue weighted by Crippen LogP contribution is -2.37. The summed E-state index contributed by atoms with van der Waals surface area (Å²) >= 11 is 1.89. The van der Waals surface area contributed by atoms with E-state index in [2.05, 4.69) is 23.9 Å². The summed E-state index contributed by atoms with van der Waals surface area (Å²) in [5.41, 5.74) is 1.10. The molecule has 1 unspecified atom stereocenters. The van der Waals surface area contributed by atoms with Gasteiger partial charge in [0.2, 0.25) is 10.0 Å². The number of sulfonamides is 1. The molecule has 21 heavy (non-hydrogen) atoms. The zero-order valence-corrected chi connectivity index (χ0v) is 14.3. The van der Waals surface area contributed by atoms with Crippen molar-refractivity contribution in [1.82, 2.24) is 10.0 Å². The molecule has 0 amide bonds. The largest absolute Gasteiger partial charge is 0.310 e. The maximum atomic E-state index is 12.4. The standard InChI is InChI=1S/C15H24N2O2S2/c1-3-16-12(2)13-4-6-15(7-5-13)21(18,19)17-14-8-10-20-11-9-14/h4-7,12,14,16-17H,3,8-11H2,1-2H3. The second kappa shape index (κ2) is 7.63. The predicted octanol–water partition coefficient (Wildman–Crippen LogP) is 2.53. The third-order valence-corrected chi connectivity index (χ3v) is 6.33. The minimum absolute atomic E-state index is 0.0802. The molecule has 0 bridgehead atoms. The first-order valence-electron chi connectivity index (χ1n) is 7.46. The molecule has 1 saturated heterocycles. The highest BCUT2D eigenvalue weighted by atomic mass is 32.2. The van der Waals surface area contributed by atoms with Crippen LogP contribution in [0.15, 0.2) is 29.2 Å². The summed E-state index contributed by atoms with van der Waals surface area (Å²) < 4.78 is 27.6. The lowest BCUT2D eigenvalue weighted by molar-refractivity contribution is 0.528. The van der Waals surface area contributed by atoms with Gasteiger partial charge in [-0.2, -0.15) is 11.8 Å². The van der Waals surface area contributed by atoms with Crippen LogP contribution in [0.4, 0.5) is 0 Å². The van der Waals surface area contributed by atoms with Crippen LogP contribution < -0.4 is 10.0 Å². The van der Waals surface area contributed by atoms with Crippen molar-refractivity contribution in [2.24, 2.45) is 0 Å². The van der Waals surface area contributed by atoms with Gasteiger partial charge in [-0.05, 0) is 55.5 Å². The second-order valence-electron chi connectivity index (χ2n) is 5.36. The van der Waals surface area contributed by atoms with Crippen molar-refractivity contribution >= 4 is 21.8 Å². The number of benzene rings is 1. The predicted molar refractivity (Wildman–Crippen MR) is 89.2 cm³/mol. The van der Waals surface area contributed by atoms with Crippen molar-refractivity contribution in [3.63, 3.8) is 0 Å². The van der Waals surface area contributed by atoms with E-state index in [4.69, 9.17) is 0 Å². The van der Waals surface area contributed by atoms with E-state index in [9.17, 15) is 8.42 Å². The highest BCUT2D eigenvalue weighted by Gasteiger charge is 2.22. The van der Waals surface area contributed by atoms with Crippen molar-refractivity contribution in [3.8, 4) is 0 Å². The van der Waals surface area contributed by atoms with E-state index in [1.807, 2.05) is 23.9 Å². The molecule has 6 heteroatoms. The molecule has 1 heterocycles. The quantitative estimate of drug-likeness (QED) is 0.842. The smallest absolute Gasteiger partial charge is 0.240 e. The highest BCUT2D eigenvalue weighted by molar-refractivity contribution is 7.99. The Bertz CT molecular complexity index is 537. The van der Waals surface area contributed by atoms with Crippen LogP contribution >= 0.6 is 11.8 Å². The maximum Gasteiger partial charge on any atom is 0.240 e.